The molecule has 0 spiro atoms. The van der Waals surface area contributed by atoms with Crippen LogP contribution < -0.4 is 27.4 Å². The van der Waals surface area contributed by atoms with Crippen LogP contribution >= 0.6 is 12.6 Å². The van der Waals surface area contributed by atoms with Crippen LogP contribution in [0.1, 0.15) is 26.7 Å². The van der Waals surface area contributed by atoms with Gasteiger partial charge >= 0.3 is 5.97 Å². The van der Waals surface area contributed by atoms with Gasteiger partial charge in [-0.3, -0.25) is 19.2 Å². The van der Waals surface area contributed by atoms with Crippen molar-refractivity contribution in [2.24, 2.45) is 17.4 Å². The Morgan fingerprint density at radius 3 is 1.89 bits per heavy atom. The molecule has 0 bridgehead atoms. The van der Waals surface area contributed by atoms with Gasteiger partial charge in [0, 0.05) is 5.75 Å². The minimum atomic E-state index is -1.40. The van der Waals surface area contributed by atoms with Gasteiger partial charge in [0.05, 0.1) is 13.0 Å². The van der Waals surface area contributed by atoms with Crippen LogP contribution in [0.2, 0.25) is 0 Å². The molecular formula is C15H27N5O6S. The van der Waals surface area contributed by atoms with Crippen molar-refractivity contribution >= 4 is 42.2 Å². The highest BCUT2D eigenvalue weighted by atomic mass is 32.1. The van der Waals surface area contributed by atoms with E-state index in [0.717, 1.165) is 0 Å². The van der Waals surface area contributed by atoms with Gasteiger partial charge in [-0.1, -0.05) is 13.8 Å². The zero-order valence-electron chi connectivity index (χ0n) is 15.2. The first kappa shape index (κ1) is 24.7. The first-order chi connectivity index (χ1) is 12.5. The first-order valence-corrected chi connectivity index (χ1v) is 8.87. The van der Waals surface area contributed by atoms with Gasteiger partial charge in [0.25, 0.3) is 0 Å². The second kappa shape index (κ2) is 12.1. The maximum Gasteiger partial charge on any atom is 0.326 e. The van der Waals surface area contributed by atoms with Crippen LogP contribution in [0.25, 0.3) is 0 Å². The summed E-state index contributed by atoms with van der Waals surface area (Å²) in [5.74, 6) is -4.50. The molecular weight excluding hydrogens is 378 g/mol. The lowest BCUT2D eigenvalue weighted by Crippen LogP contribution is -2.57. The number of amides is 4. The van der Waals surface area contributed by atoms with Crippen LogP contribution in [0.15, 0.2) is 0 Å². The molecule has 0 saturated carbocycles. The highest BCUT2D eigenvalue weighted by molar-refractivity contribution is 7.80. The van der Waals surface area contributed by atoms with Gasteiger partial charge in [-0.05, 0) is 12.3 Å². The number of hydrogen-bond acceptors (Lipinski definition) is 7. The number of rotatable bonds is 12. The Morgan fingerprint density at radius 2 is 1.48 bits per heavy atom. The standard InChI is InChI=1S/C15H27N5O6S/c1-7(2)3-9(15(25)26)20-13(23)8(4-11(17)21)19-14(24)10(6-27)18-12(22)5-16/h7-10,27H,3-6,16H2,1-2H3,(H2,17,21)(H,18,22)(H,19,24)(H,20,23)(H,25,26). The van der Waals surface area contributed by atoms with E-state index < -0.39 is 54.1 Å². The Balaban J connectivity index is 5.21. The molecule has 3 atom stereocenters. The number of nitrogens with one attached hydrogen (secondary N) is 3. The summed E-state index contributed by atoms with van der Waals surface area (Å²) in [7, 11) is 0. The number of hydrogen-bond donors (Lipinski definition) is 7. The third-order valence-corrected chi connectivity index (χ3v) is 3.74. The van der Waals surface area contributed by atoms with Crippen LogP contribution in [0.4, 0.5) is 0 Å². The molecule has 8 N–H and O–H groups in total. The zero-order chi connectivity index (χ0) is 21.1. The maximum atomic E-state index is 12.4. The number of nitrogens with two attached hydrogens (primary N) is 2. The molecule has 0 rings (SSSR count). The molecule has 0 radical (unpaired) electrons. The predicted octanol–water partition coefficient (Wildman–Crippen LogP) is -2.66. The van der Waals surface area contributed by atoms with Gasteiger partial charge in [-0.25, -0.2) is 4.79 Å². The van der Waals surface area contributed by atoms with E-state index in [2.05, 4.69) is 28.6 Å². The van der Waals surface area contributed by atoms with Crippen LogP contribution in [0.5, 0.6) is 0 Å². The third kappa shape index (κ3) is 9.80. The molecule has 27 heavy (non-hydrogen) atoms. The third-order valence-electron chi connectivity index (χ3n) is 3.38. The molecule has 0 aliphatic carbocycles. The lowest BCUT2D eigenvalue weighted by atomic mass is 10.0. The van der Waals surface area contributed by atoms with Crippen molar-refractivity contribution < 1.29 is 29.1 Å². The fraction of sp³-hybridized carbons (Fsp3) is 0.667. The molecule has 0 aliphatic heterocycles. The van der Waals surface area contributed by atoms with E-state index in [1.54, 1.807) is 13.8 Å². The van der Waals surface area contributed by atoms with E-state index in [0.29, 0.717) is 0 Å². The quantitative estimate of drug-likeness (QED) is 0.172. The second-order valence-corrected chi connectivity index (χ2v) is 6.63. The summed E-state index contributed by atoms with van der Waals surface area (Å²) in [6.07, 6.45) is -0.389. The Morgan fingerprint density at radius 1 is 0.963 bits per heavy atom. The van der Waals surface area contributed by atoms with Crippen molar-refractivity contribution in [1.29, 1.82) is 0 Å². The smallest absolute Gasteiger partial charge is 0.326 e. The van der Waals surface area contributed by atoms with Crippen molar-refractivity contribution in [3.05, 3.63) is 0 Å². The molecule has 12 heteroatoms. The van der Waals surface area contributed by atoms with E-state index in [1.165, 1.54) is 0 Å². The molecule has 11 nitrogen and oxygen atoms in total. The summed E-state index contributed by atoms with van der Waals surface area (Å²) in [6.45, 7) is 3.21. The minimum Gasteiger partial charge on any atom is -0.480 e. The molecule has 3 unspecified atom stereocenters. The number of carbonyl (C=O) groups is 5. The number of primary amides is 1. The highest BCUT2D eigenvalue weighted by Gasteiger charge is 2.30. The Kier molecular flexibility index (Phi) is 11.1. The van der Waals surface area contributed by atoms with Gasteiger partial charge in [0.1, 0.15) is 18.1 Å². The second-order valence-electron chi connectivity index (χ2n) is 6.27. The minimum absolute atomic E-state index is 0.0179. The monoisotopic (exact) mass is 405 g/mol. The molecule has 0 aromatic carbocycles. The average Bonchev–Trinajstić information content (AvgIpc) is 2.56. The lowest BCUT2D eigenvalue weighted by Gasteiger charge is -2.23. The zero-order valence-corrected chi connectivity index (χ0v) is 16.1. The lowest BCUT2D eigenvalue weighted by molar-refractivity contribution is -0.143. The van der Waals surface area contributed by atoms with Crippen molar-refractivity contribution in [3.8, 4) is 0 Å². The van der Waals surface area contributed by atoms with Crippen molar-refractivity contribution in [3.63, 3.8) is 0 Å². The van der Waals surface area contributed by atoms with Crippen LogP contribution in [0.3, 0.4) is 0 Å². The number of carboxylic acid groups (broad SMARTS) is 1. The fourth-order valence-electron chi connectivity index (χ4n) is 2.10. The van der Waals surface area contributed by atoms with Crippen molar-refractivity contribution in [1.82, 2.24) is 16.0 Å². The number of carboxylic acids is 1. The summed E-state index contributed by atoms with van der Waals surface area (Å²) >= 11 is 3.95. The normalized spacial score (nSPS) is 14.0. The summed E-state index contributed by atoms with van der Waals surface area (Å²) in [5.41, 5.74) is 10.3. The Hall–Kier alpha value is -2.34. The molecule has 0 heterocycles. The van der Waals surface area contributed by atoms with Gasteiger partial charge in [-0.15, -0.1) is 0 Å². The maximum absolute atomic E-state index is 12.4. The highest BCUT2D eigenvalue weighted by Crippen LogP contribution is 2.06. The van der Waals surface area contributed by atoms with Crippen LogP contribution in [-0.4, -0.2) is 65.1 Å². The number of aliphatic carboxylic acids is 1. The Bertz CT molecular complexity index is 571. The number of carbonyl (C=O) groups excluding carboxylic acids is 4. The molecule has 0 fully saturated rings. The molecule has 0 aromatic rings. The van der Waals surface area contributed by atoms with E-state index in [9.17, 15) is 29.1 Å². The van der Waals surface area contributed by atoms with Crippen molar-refractivity contribution in [2.45, 2.75) is 44.8 Å². The van der Waals surface area contributed by atoms with Crippen LogP contribution in [-0.2, 0) is 24.0 Å². The summed E-state index contributed by atoms with van der Waals surface area (Å²) < 4.78 is 0. The molecule has 0 aromatic heterocycles. The largest absolute Gasteiger partial charge is 0.480 e. The predicted molar refractivity (Wildman–Crippen MR) is 99.6 cm³/mol. The molecule has 4 amide bonds. The van der Waals surface area contributed by atoms with E-state index in [-0.39, 0.29) is 24.6 Å². The molecule has 154 valence electrons. The average molecular weight is 405 g/mol. The molecule has 0 aliphatic rings. The number of thiol groups is 1. The van der Waals surface area contributed by atoms with E-state index in [4.69, 9.17) is 11.5 Å². The van der Waals surface area contributed by atoms with Gasteiger partial charge in [0.2, 0.25) is 23.6 Å². The van der Waals surface area contributed by atoms with E-state index >= 15 is 0 Å². The summed E-state index contributed by atoms with van der Waals surface area (Å²) in [4.78, 5) is 58.5. The van der Waals surface area contributed by atoms with Gasteiger partial charge in [0.15, 0.2) is 0 Å². The van der Waals surface area contributed by atoms with Gasteiger partial charge < -0.3 is 32.5 Å². The van der Waals surface area contributed by atoms with Crippen LogP contribution in [0, 0.1) is 5.92 Å². The fourth-order valence-corrected chi connectivity index (χ4v) is 2.35. The topological polar surface area (TPSA) is 194 Å². The SMILES string of the molecule is CC(C)CC(NC(=O)C(CC(N)=O)NC(=O)C(CS)NC(=O)CN)C(=O)O. The first-order valence-electron chi connectivity index (χ1n) is 8.23. The summed E-state index contributed by atoms with van der Waals surface area (Å²) in [5, 5.41) is 16.1. The van der Waals surface area contributed by atoms with Crippen molar-refractivity contribution in [2.75, 3.05) is 12.3 Å². The van der Waals surface area contributed by atoms with E-state index in [1.807, 2.05) is 0 Å². The van der Waals surface area contributed by atoms with Gasteiger partial charge in [-0.2, -0.15) is 12.6 Å². The Labute approximate surface area is 162 Å². The molecule has 0 saturated heterocycles. The summed E-state index contributed by atoms with van der Waals surface area (Å²) in [6, 6.07) is -3.69.